The van der Waals surface area contributed by atoms with Gasteiger partial charge in [-0.2, -0.15) is 21.6 Å². The van der Waals surface area contributed by atoms with E-state index in [1.54, 1.807) is 61.7 Å². The third kappa shape index (κ3) is 6.40. The van der Waals surface area contributed by atoms with Crippen LogP contribution in [0.2, 0.25) is 0 Å². The highest BCUT2D eigenvalue weighted by Crippen LogP contribution is 2.32. The Morgan fingerprint density at radius 1 is 1.10 bits per heavy atom. The van der Waals surface area contributed by atoms with E-state index in [0.717, 1.165) is 6.07 Å². The van der Waals surface area contributed by atoms with E-state index in [1.165, 1.54) is 12.4 Å². The zero-order valence-corrected chi connectivity index (χ0v) is 21.9. The molecule has 10 nitrogen and oxygen atoms in total. The lowest BCUT2D eigenvalue weighted by molar-refractivity contribution is -0.156. The fraction of sp³-hybridized carbons (Fsp3) is 0.320. The van der Waals surface area contributed by atoms with E-state index < -0.39 is 39.0 Å². The average molecular weight is 567 g/mol. The summed E-state index contributed by atoms with van der Waals surface area (Å²) in [6.07, 6.45) is 1.69. The maximum Gasteiger partial charge on any atom is 0.534 e. The molecule has 2 N–H and O–H groups in total. The smallest absolute Gasteiger partial charge is 0.493 e. The van der Waals surface area contributed by atoms with Gasteiger partial charge in [0.05, 0.1) is 17.6 Å². The highest BCUT2D eigenvalue weighted by molar-refractivity contribution is 7.88. The molecule has 208 valence electrons. The van der Waals surface area contributed by atoms with E-state index >= 15 is 0 Å². The second-order valence-electron chi connectivity index (χ2n) is 9.52. The first-order chi connectivity index (χ1) is 18.1. The standard InChI is InChI=1S/C25H25F3N4O6S/c1-24(2,3)37-23(33)17(29)11-12-36-16-8-9-19-18(13-16)30-14-32(19)21-10-7-15-5-4-6-20(22(15)31-21)38-39(34,35)25(26,27)28/h4-10,13-14,17H,11-12,29H2,1-3H3. The third-order valence-electron chi connectivity index (χ3n) is 5.32. The van der Waals surface area contributed by atoms with Crippen molar-refractivity contribution in [3.63, 3.8) is 0 Å². The van der Waals surface area contributed by atoms with Crippen molar-refractivity contribution in [1.82, 2.24) is 14.5 Å². The minimum Gasteiger partial charge on any atom is -0.493 e. The van der Waals surface area contributed by atoms with Gasteiger partial charge in [-0.1, -0.05) is 12.1 Å². The Morgan fingerprint density at radius 2 is 1.85 bits per heavy atom. The van der Waals surface area contributed by atoms with Crippen LogP contribution in [0.15, 0.2) is 54.9 Å². The van der Waals surface area contributed by atoms with Crippen LogP contribution in [-0.4, -0.2) is 52.7 Å². The predicted octanol–water partition coefficient (Wildman–Crippen LogP) is 4.24. The first-order valence-electron chi connectivity index (χ1n) is 11.6. The molecule has 0 bridgehead atoms. The minimum absolute atomic E-state index is 0.0778. The Kier molecular flexibility index (Phi) is 7.45. The molecule has 2 heterocycles. The maximum atomic E-state index is 12.9. The van der Waals surface area contributed by atoms with Gasteiger partial charge < -0.3 is 19.4 Å². The van der Waals surface area contributed by atoms with Crippen LogP contribution in [0.25, 0.3) is 27.8 Å². The molecule has 0 aliphatic carbocycles. The summed E-state index contributed by atoms with van der Waals surface area (Å²) in [5.74, 6) is -0.338. The lowest BCUT2D eigenvalue weighted by atomic mass is 10.1. The third-order valence-corrected chi connectivity index (χ3v) is 6.29. The number of aromatic nitrogens is 3. The average Bonchev–Trinajstić information content (AvgIpc) is 3.25. The summed E-state index contributed by atoms with van der Waals surface area (Å²) in [5.41, 5.74) is 0.687. The topological polar surface area (TPSA) is 136 Å². The Morgan fingerprint density at radius 3 is 2.54 bits per heavy atom. The lowest BCUT2D eigenvalue weighted by Crippen LogP contribution is -2.38. The molecular formula is C25H25F3N4O6S. The first kappa shape index (κ1) is 28.1. The summed E-state index contributed by atoms with van der Waals surface area (Å²) in [5, 5.41) is 0.373. The van der Waals surface area contributed by atoms with Gasteiger partial charge in [0.15, 0.2) is 5.75 Å². The number of alkyl halides is 3. The summed E-state index contributed by atoms with van der Waals surface area (Å²) in [6.45, 7) is 5.41. The molecule has 2 aromatic heterocycles. The largest absolute Gasteiger partial charge is 0.534 e. The van der Waals surface area contributed by atoms with E-state index in [1.807, 2.05) is 0 Å². The predicted molar refractivity (Wildman–Crippen MR) is 136 cm³/mol. The van der Waals surface area contributed by atoms with E-state index in [9.17, 15) is 26.4 Å². The molecule has 0 aliphatic heterocycles. The van der Waals surface area contributed by atoms with Gasteiger partial charge >= 0.3 is 21.6 Å². The fourth-order valence-corrected chi connectivity index (χ4v) is 4.01. The molecule has 1 atom stereocenters. The van der Waals surface area contributed by atoms with Gasteiger partial charge in [-0.25, -0.2) is 9.97 Å². The number of halogens is 3. The van der Waals surface area contributed by atoms with Crippen molar-refractivity contribution in [2.45, 2.75) is 44.3 Å². The van der Waals surface area contributed by atoms with Crippen LogP contribution >= 0.6 is 0 Å². The number of fused-ring (bicyclic) bond motifs is 2. The molecule has 0 saturated heterocycles. The zero-order chi connectivity index (χ0) is 28.6. The lowest BCUT2D eigenvalue weighted by Gasteiger charge is -2.22. The Hall–Kier alpha value is -3.91. The van der Waals surface area contributed by atoms with Gasteiger partial charge in [-0.3, -0.25) is 9.36 Å². The molecule has 0 spiro atoms. The summed E-state index contributed by atoms with van der Waals surface area (Å²) in [4.78, 5) is 20.7. The number of nitrogens with zero attached hydrogens (tertiary/aromatic N) is 3. The van der Waals surface area contributed by atoms with Gasteiger partial charge in [-0.15, -0.1) is 0 Å². The second kappa shape index (κ2) is 10.3. The summed E-state index contributed by atoms with van der Waals surface area (Å²) >= 11 is 0. The van der Waals surface area contributed by atoms with Crippen molar-refractivity contribution in [3.05, 3.63) is 54.9 Å². The Bertz CT molecular complexity index is 1630. The number of ether oxygens (including phenoxy) is 2. The van der Waals surface area contributed by atoms with Gasteiger partial charge in [-0.05, 0) is 51.1 Å². The van der Waals surface area contributed by atoms with Crippen LogP contribution in [0.5, 0.6) is 11.5 Å². The summed E-state index contributed by atoms with van der Waals surface area (Å²) < 4.78 is 78.6. The van der Waals surface area contributed by atoms with Gasteiger partial charge in [0.2, 0.25) is 0 Å². The molecule has 0 saturated carbocycles. The first-order valence-corrected chi connectivity index (χ1v) is 13.0. The number of hydrogen-bond acceptors (Lipinski definition) is 9. The highest BCUT2D eigenvalue weighted by atomic mass is 32.2. The van der Waals surface area contributed by atoms with E-state index in [-0.39, 0.29) is 24.4 Å². The van der Waals surface area contributed by atoms with Crippen LogP contribution in [0.3, 0.4) is 0 Å². The Balaban J connectivity index is 1.54. The fourth-order valence-electron chi connectivity index (χ4n) is 3.54. The number of nitrogens with two attached hydrogens (primary N) is 1. The molecule has 4 rings (SSSR count). The molecule has 0 radical (unpaired) electrons. The van der Waals surface area contributed by atoms with E-state index in [0.29, 0.717) is 22.2 Å². The zero-order valence-electron chi connectivity index (χ0n) is 21.1. The number of benzene rings is 2. The van der Waals surface area contributed by atoms with Crippen LogP contribution in [0.4, 0.5) is 13.2 Å². The molecule has 0 fully saturated rings. The minimum atomic E-state index is -5.88. The van der Waals surface area contributed by atoms with Crippen LogP contribution < -0.4 is 14.7 Å². The molecule has 1 unspecified atom stereocenters. The number of imidazole rings is 1. The number of hydrogen-bond donors (Lipinski definition) is 1. The number of carbonyl (C=O) groups is 1. The van der Waals surface area contributed by atoms with Gasteiger partial charge in [0.1, 0.15) is 35.1 Å². The van der Waals surface area contributed by atoms with Crippen molar-refractivity contribution < 1.29 is 40.0 Å². The molecule has 4 aromatic rings. The van der Waals surface area contributed by atoms with Crippen molar-refractivity contribution in [3.8, 4) is 17.3 Å². The van der Waals surface area contributed by atoms with Crippen molar-refractivity contribution in [1.29, 1.82) is 0 Å². The van der Waals surface area contributed by atoms with Crippen molar-refractivity contribution >= 4 is 38.0 Å². The van der Waals surface area contributed by atoms with Gasteiger partial charge in [0, 0.05) is 17.9 Å². The molecule has 2 aromatic carbocycles. The van der Waals surface area contributed by atoms with E-state index in [2.05, 4.69) is 14.2 Å². The molecule has 0 amide bonds. The van der Waals surface area contributed by atoms with Crippen LogP contribution in [0.1, 0.15) is 27.2 Å². The number of rotatable bonds is 8. The van der Waals surface area contributed by atoms with Gasteiger partial charge in [0.25, 0.3) is 0 Å². The SMILES string of the molecule is CC(C)(C)OC(=O)C(N)CCOc1ccc2c(c1)ncn2-c1ccc2cccc(OS(=O)(=O)C(F)(F)F)c2n1. The number of pyridine rings is 1. The number of esters is 1. The quantitative estimate of drug-likeness (QED) is 0.189. The normalized spacial score (nSPS) is 13.4. The van der Waals surface area contributed by atoms with Crippen molar-refractivity contribution in [2.75, 3.05) is 6.61 Å². The second-order valence-corrected chi connectivity index (χ2v) is 11.1. The Labute approximate surface area is 221 Å². The van der Waals surface area contributed by atoms with Crippen molar-refractivity contribution in [2.24, 2.45) is 5.73 Å². The molecule has 39 heavy (non-hydrogen) atoms. The van der Waals surface area contributed by atoms with E-state index in [4.69, 9.17) is 15.2 Å². The van der Waals surface area contributed by atoms with Crippen LogP contribution in [0, 0.1) is 0 Å². The summed E-state index contributed by atoms with van der Waals surface area (Å²) in [7, 11) is -5.88. The van der Waals surface area contributed by atoms with Crippen LogP contribution in [-0.2, 0) is 19.6 Å². The highest BCUT2D eigenvalue weighted by Gasteiger charge is 2.48. The number of carbonyl (C=O) groups excluding carboxylic acids is 1. The molecular weight excluding hydrogens is 541 g/mol. The molecule has 14 heteroatoms. The summed E-state index contributed by atoms with van der Waals surface area (Å²) in [6, 6.07) is 11.4. The maximum absolute atomic E-state index is 12.9. The molecule has 0 aliphatic rings. The monoisotopic (exact) mass is 566 g/mol. The number of para-hydroxylation sites is 1.